The van der Waals surface area contributed by atoms with Crippen LogP contribution in [0.3, 0.4) is 0 Å². The van der Waals surface area contributed by atoms with E-state index in [1.165, 1.54) is 4.90 Å². The molecule has 0 bridgehead atoms. The van der Waals surface area contributed by atoms with Gasteiger partial charge >= 0.3 is 6.03 Å². The summed E-state index contributed by atoms with van der Waals surface area (Å²) in [6, 6.07) is 4.92. The largest absolute Gasteiger partial charge is 0.468 e. The summed E-state index contributed by atoms with van der Waals surface area (Å²) in [5.41, 5.74) is -0.378. The molecule has 1 aromatic heterocycles. The Morgan fingerprint density at radius 1 is 1.08 bits per heavy atom. The number of rotatable bonds is 3. The van der Waals surface area contributed by atoms with Crippen LogP contribution >= 0.6 is 0 Å². The van der Waals surface area contributed by atoms with E-state index >= 15 is 0 Å². The number of hydrogen-bond donors (Lipinski definition) is 1. The van der Waals surface area contributed by atoms with Crippen molar-refractivity contribution in [2.24, 2.45) is 0 Å². The average Bonchev–Trinajstić information content (AvgIpc) is 3.09. The third kappa shape index (κ3) is 3.53. The molecule has 2 heterocycles. The Hall–Kier alpha value is -2.48. The summed E-state index contributed by atoms with van der Waals surface area (Å²) >= 11 is 0. The number of nitrogens with one attached hydrogen (secondary N) is 1. The molecule has 5 nitrogen and oxygen atoms in total. The Morgan fingerprint density at radius 2 is 1.83 bits per heavy atom. The lowest BCUT2D eigenvalue weighted by Gasteiger charge is -2.34. The van der Waals surface area contributed by atoms with E-state index in [1.807, 2.05) is 12.1 Å². The molecule has 0 radical (unpaired) electrons. The molecule has 2 amide bonds. The van der Waals surface area contributed by atoms with Crippen molar-refractivity contribution in [1.29, 1.82) is 0 Å². The SMILES string of the molecule is O=C(Nc1ccc(F)c(F)c1F)N1CCN(Cc2ccco2)CC1. The molecule has 1 aromatic carbocycles. The smallest absolute Gasteiger partial charge is 0.322 e. The molecular formula is C16H16F3N3O2. The van der Waals surface area contributed by atoms with Crippen LogP contribution in [0.5, 0.6) is 0 Å². The lowest BCUT2D eigenvalue weighted by atomic mass is 10.2. The fourth-order valence-electron chi connectivity index (χ4n) is 2.55. The number of carbonyl (C=O) groups excluding carboxylic acids is 1. The van der Waals surface area contributed by atoms with Crippen molar-refractivity contribution in [3.05, 3.63) is 53.7 Å². The zero-order chi connectivity index (χ0) is 17.1. The van der Waals surface area contributed by atoms with E-state index in [-0.39, 0.29) is 5.69 Å². The van der Waals surface area contributed by atoms with Crippen molar-refractivity contribution in [3.63, 3.8) is 0 Å². The second kappa shape index (κ2) is 6.96. The highest BCUT2D eigenvalue weighted by Crippen LogP contribution is 2.20. The third-order valence-electron chi connectivity index (χ3n) is 3.90. The number of urea groups is 1. The molecule has 1 aliphatic heterocycles. The van der Waals surface area contributed by atoms with Crippen molar-refractivity contribution in [2.75, 3.05) is 31.5 Å². The minimum atomic E-state index is -1.60. The fraction of sp³-hybridized carbons (Fsp3) is 0.312. The number of amides is 2. The van der Waals surface area contributed by atoms with E-state index in [1.54, 1.807) is 6.26 Å². The number of nitrogens with zero attached hydrogens (tertiary/aromatic N) is 2. The molecule has 24 heavy (non-hydrogen) atoms. The van der Waals surface area contributed by atoms with Crippen LogP contribution in [0.2, 0.25) is 0 Å². The first-order valence-electron chi connectivity index (χ1n) is 7.49. The molecule has 1 aliphatic rings. The molecule has 0 atom stereocenters. The summed E-state index contributed by atoms with van der Waals surface area (Å²) in [5.74, 6) is -3.45. The van der Waals surface area contributed by atoms with Crippen LogP contribution in [0.4, 0.5) is 23.7 Å². The summed E-state index contributed by atoms with van der Waals surface area (Å²) in [5, 5.41) is 2.28. The van der Waals surface area contributed by atoms with Gasteiger partial charge in [0.2, 0.25) is 0 Å². The van der Waals surface area contributed by atoms with Gasteiger partial charge in [-0.3, -0.25) is 4.90 Å². The Bertz CT molecular complexity index is 714. The molecular weight excluding hydrogens is 323 g/mol. The van der Waals surface area contributed by atoms with Gasteiger partial charge in [-0.05, 0) is 24.3 Å². The standard InChI is InChI=1S/C16H16F3N3O2/c17-12-3-4-13(15(19)14(12)18)20-16(23)22-7-5-21(6-8-22)10-11-2-1-9-24-11/h1-4,9H,5-8,10H2,(H,20,23). The van der Waals surface area contributed by atoms with Gasteiger partial charge in [-0.1, -0.05) is 0 Å². The van der Waals surface area contributed by atoms with Crippen molar-refractivity contribution in [3.8, 4) is 0 Å². The zero-order valence-corrected chi connectivity index (χ0v) is 12.8. The maximum atomic E-state index is 13.6. The topological polar surface area (TPSA) is 48.7 Å². The van der Waals surface area contributed by atoms with E-state index in [0.717, 1.165) is 17.9 Å². The summed E-state index contributed by atoms with van der Waals surface area (Å²) in [6.07, 6.45) is 1.61. The maximum Gasteiger partial charge on any atom is 0.322 e. The Kier molecular flexibility index (Phi) is 4.75. The van der Waals surface area contributed by atoms with E-state index in [0.29, 0.717) is 32.7 Å². The first kappa shape index (κ1) is 16.4. The van der Waals surface area contributed by atoms with Gasteiger partial charge < -0.3 is 14.6 Å². The first-order chi connectivity index (χ1) is 11.5. The van der Waals surface area contributed by atoms with Crippen LogP contribution in [0.1, 0.15) is 5.76 Å². The lowest BCUT2D eigenvalue weighted by molar-refractivity contribution is 0.137. The lowest BCUT2D eigenvalue weighted by Crippen LogP contribution is -2.49. The number of halogens is 3. The summed E-state index contributed by atoms with van der Waals surface area (Å²) in [7, 11) is 0. The number of carbonyl (C=O) groups is 1. The van der Waals surface area contributed by atoms with Crippen molar-refractivity contribution >= 4 is 11.7 Å². The van der Waals surface area contributed by atoms with Crippen molar-refractivity contribution in [1.82, 2.24) is 9.80 Å². The quantitative estimate of drug-likeness (QED) is 0.875. The van der Waals surface area contributed by atoms with Gasteiger partial charge in [-0.2, -0.15) is 0 Å². The third-order valence-corrected chi connectivity index (χ3v) is 3.90. The highest BCUT2D eigenvalue weighted by Gasteiger charge is 2.23. The van der Waals surface area contributed by atoms with E-state index in [4.69, 9.17) is 4.42 Å². The number of anilines is 1. The van der Waals surface area contributed by atoms with Gasteiger partial charge in [-0.25, -0.2) is 18.0 Å². The molecule has 0 aliphatic carbocycles. The first-order valence-corrected chi connectivity index (χ1v) is 7.49. The van der Waals surface area contributed by atoms with Gasteiger partial charge in [-0.15, -0.1) is 0 Å². The molecule has 128 valence electrons. The maximum absolute atomic E-state index is 13.6. The van der Waals surface area contributed by atoms with Crippen LogP contribution in [0.25, 0.3) is 0 Å². The van der Waals surface area contributed by atoms with Gasteiger partial charge in [0.25, 0.3) is 0 Å². The van der Waals surface area contributed by atoms with Crippen LogP contribution in [-0.2, 0) is 6.54 Å². The van der Waals surface area contributed by atoms with Crippen LogP contribution in [0, 0.1) is 17.5 Å². The van der Waals surface area contributed by atoms with E-state index in [2.05, 4.69) is 10.2 Å². The summed E-state index contributed by atoms with van der Waals surface area (Å²) in [4.78, 5) is 15.8. The van der Waals surface area contributed by atoms with Gasteiger partial charge in [0.15, 0.2) is 17.5 Å². The average molecular weight is 339 g/mol. The number of furan rings is 1. The van der Waals surface area contributed by atoms with Crippen LogP contribution < -0.4 is 5.32 Å². The fourth-order valence-corrected chi connectivity index (χ4v) is 2.55. The molecule has 1 fully saturated rings. The highest BCUT2D eigenvalue weighted by molar-refractivity contribution is 5.89. The minimum absolute atomic E-state index is 0.378. The normalized spacial score (nSPS) is 15.5. The van der Waals surface area contributed by atoms with Crippen LogP contribution in [-0.4, -0.2) is 42.0 Å². The van der Waals surface area contributed by atoms with Crippen molar-refractivity contribution < 1.29 is 22.4 Å². The molecule has 1 N–H and O–H groups in total. The Morgan fingerprint density at radius 3 is 2.50 bits per heavy atom. The number of benzene rings is 1. The highest BCUT2D eigenvalue weighted by atomic mass is 19.2. The predicted molar refractivity (Wildman–Crippen MR) is 80.9 cm³/mol. The summed E-state index contributed by atoms with van der Waals surface area (Å²) in [6.45, 7) is 2.80. The minimum Gasteiger partial charge on any atom is -0.468 e. The van der Waals surface area contributed by atoms with Gasteiger partial charge in [0, 0.05) is 26.2 Å². The Balaban J connectivity index is 1.55. The second-order valence-electron chi connectivity index (χ2n) is 5.50. The molecule has 3 rings (SSSR count). The Labute approximate surface area is 136 Å². The van der Waals surface area contributed by atoms with E-state index < -0.39 is 23.5 Å². The molecule has 1 saturated heterocycles. The number of hydrogen-bond acceptors (Lipinski definition) is 3. The zero-order valence-electron chi connectivity index (χ0n) is 12.8. The number of piperazine rings is 1. The molecule has 0 saturated carbocycles. The molecule has 0 spiro atoms. The van der Waals surface area contributed by atoms with Crippen LogP contribution in [0.15, 0.2) is 34.9 Å². The van der Waals surface area contributed by atoms with Crippen molar-refractivity contribution in [2.45, 2.75) is 6.54 Å². The summed E-state index contributed by atoms with van der Waals surface area (Å²) < 4.78 is 45.0. The monoisotopic (exact) mass is 339 g/mol. The van der Waals surface area contributed by atoms with Gasteiger partial charge in [0.1, 0.15) is 5.76 Å². The predicted octanol–water partition coefficient (Wildman–Crippen LogP) is 3.05. The molecule has 0 unspecified atom stereocenters. The van der Waals surface area contributed by atoms with E-state index in [9.17, 15) is 18.0 Å². The molecule has 8 heteroatoms. The van der Waals surface area contributed by atoms with Gasteiger partial charge in [0.05, 0.1) is 18.5 Å². The second-order valence-corrected chi connectivity index (χ2v) is 5.50. The molecule has 2 aromatic rings.